The number of amides is 1. The van der Waals surface area contributed by atoms with Crippen molar-refractivity contribution in [3.8, 4) is 11.1 Å². The van der Waals surface area contributed by atoms with Gasteiger partial charge in [0.05, 0.1) is 12.3 Å². The third kappa shape index (κ3) is 3.34. The van der Waals surface area contributed by atoms with Crippen LogP contribution in [0.1, 0.15) is 18.9 Å². The molecule has 0 radical (unpaired) electrons. The van der Waals surface area contributed by atoms with Crippen LogP contribution in [0, 0.1) is 0 Å². The van der Waals surface area contributed by atoms with Crippen LogP contribution < -0.4 is 5.32 Å². The minimum atomic E-state index is -0.0762. The summed E-state index contributed by atoms with van der Waals surface area (Å²) < 4.78 is 0. The molecule has 1 N–H and O–H groups in total. The van der Waals surface area contributed by atoms with Gasteiger partial charge in [0.1, 0.15) is 6.10 Å². The van der Waals surface area contributed by atoms with Crippen LogP contribution in [0.3, 0.4) is 0 Å². The maximum Gasteiger partial charge on any atom is 0.217 e. The fraction of sp³-hybridized carbons (Fsp3) is 0.222. The van der Waals surface area contributed by atoms with Gasteiger partial charge in [0, 0.05) is 13.3 Å². The fourth-order valence-corrected chi connectivity index (χ4v) is 2.45. The zero-order chi connectivity index (χ0) is 15.4. The Balaban J connectivity index is 1.66. The van der Waals surface area contributed by atoms with E-state index in [1.54, 1.807) is 0 Å². The number of carbonyl (C=O) groups excluding carboxylic acids is 1. The molecule has 1 aliphatic rings. The summed E-state index contributed by atoms with van der Waals surface area (Å²) in [5.74, 6) is -0.0516. The van der Waals surface area contributed by atoms with E-state index in [1.165, 1.54) is 18.1 Å². The van der Waals surface area contributed by atoms with E-state index in [2.05, 4.69) is 46.9 Å². The lowest BCUT2D eigenvalue weighted by atomic mass is 10.0. The van der Waals surface area contributed by atoms with Gasteiger partial charge in [-0.25, -0.2) is 0 Å². The van der Waals surface area contributed by atoms with Crippen LogP contribution in [0.4, 0.5) is 0 Å². The first-order valence-electron chi connectivity index (χ1n) is 7.35. The van der Waals surface area contributed by atoms with Crippen LogP contribution in [0.2, 0.25) is 0 Å². The van der Waals surface area contributed by atoms with Crippen molar-refractivity contribution < 1.29 is 9.63 Å². The maximum atomic E-state index is 10.9. The van der Waals surface area contributed by atoms with Gasteiger partial charge < -0.3 is 10.2 Å². The average molecular weight is 294 g/mol. The summed E-state index contributed by atoms with van der Waals surface area (Å²) in [6, 6.07) is 18.6. The summed E-state index contributed by atoms with van der Waals surface area (Å²) in [5, 5.41) is 6.89. The Labute approximate surface area is 129 Å². The maximum absolute atomic E-state index is 10.9. The van der Waals surface area contributed by atoms with Crippen molar-refractivity contribution >= 4 is 11.6 Å². The zero-order valence-electron chi connectivity index (χ0n) is 12.5. The SMILES string of the molecule is CC(=O)NC[C@@H]1CC(c2ccc(-c3ccccc3)cc2)=NO1. The number of rotatable bonds is 4. The molecule has 0 bridgehead atoms. The number of carbonyl (C=O) groups is 1. The number of nitrogens with one attached hydrogen (secondary N) is 1. The normalized spacial score (nSPS) is 16.8. The lowest BCUT2D eigenvalue weighted by Crippen LogP contribution is -2.30. The largest absolute Gasteiger partial charge is 0.390 e. The van der Waals surface area contributed by atoms with E-state index in [9.17, 15) is 4.79 Å². The molecule has 0 spiro atoms. The van der Waals surface area contributed by atoms with Crippen LogP contribution in [-0.2, 0) is 9.63 Å². The second-order valence-corrected chi connectivity index (χ2v) is 5.35. The fourth-order valence-electron chi connectivity index (χ4n) is 2.45. The first kappa shape index (κ1) is 14.3. The molecule has 0 aliphatic carbocycles. The summed E-state index contributed by atoms with van der Waals surface area (Å²) >= 11 is 0. The molecule has 4 nitrogen and oxygen atoms in total. The number of benzene rings is 2. The average Bonchev–Trinajstić information content (AvgIpc) is 3.03. The molecule has 1 aliphatic heterocycles. The second kappa shape index (κ2) is 6.43. The molecular weight excluding hydrogens is 276 g/mol. The van der Waals surface area contributed by atoms with Gasteiger partial charge in [-0.15, -0.1) is 0 Å². The van der Waals surface area contributed by atoms with E-state index in [-0.39, 0.29) is 12.0 Å². The Morgan fingerprint density at radius 2 is 1.73 bits per heavy atom. The molecule has 4 heteroatoms. The highest BCUT2D eigenvalue weighted by atomic mass is 16.6. The number of hydrogen-bond acceptors (Lipinski definition) is 3. The van der Waals surface area contributed by atoms with Crippen molar-refractivity contribution in [2.24, 2.45) is 5.16 Å². The Hall–Kier alpha value is -2.62. The number of oxime groups is 1. The van der Waals surface area contributed by atoms with Crippen molar-refractivity contribution in [3.63, 3.8) is 0 Å². The van der Waals surface area contributed by atoms with Crippen LogP contribution in [0.15, 0.2) is 59.8 Å². The molecule has 2 aromatic rings. The molecule has 0 unspecified atom stereocenters. The standard InChI is InChI=1S/C18H18N2O2/c1-13(21)19-12-17-11-18(20-22-17)16-9-7-15(8-10-16)14-5-3-2-4-6-14/h2-10,17H,11-12H2,1H3,(H,19,21)/t17-/m0/s1. The number of nitrogens with zero attached hydrogens (tertiary/aromatic N) is 1. The number of hydrogen-bond donors (Lipinski definition) is 1. The molecule has 22 heavy (non-hydrogen) atoms. The predicted octanol–water partition coefficient (Wildman–Crippen LogP) is 2.98. The third-order valence-electron chi connectivity index (χ3n) is 3.64. The van der Waals surface area contributed by atoms with Crippen molar-refractivity contribution in [1.82, 2.24) is 5.32 Å². The molecule has 2 aromatic carbocycles. The smallest absolute Gasteiger partial charge is 0.217 e. The van der Waals surface area contributed by atoms with Crippen LogP contribution in [0.25, 0.3) is 11.1 Å². The van der Waals surface area contributed by atoms with Gasteiger partial charge in [0.2, 0.25) is 5.91 Å². The third-order valence-corrected chi connectivity index (χ3v) is 3.64. The molecule has 0 aromatic heterocycles. The molecule has 0 fully saturated rings. The Kier molecular flexibility index (Phi) is 4.19. The first-order chi connectivity index (χ1) is 10.7. The summed E-state index contributed by atoms with van der Waals surface area (Å²) in [4.78, 5) is 16.3. The van der Waals surface area contributed by atoms with Gasteiger partial charge in [-0.05, 0) is 16.7 Å². The van der Waals surface area contributed by atoms with E-state index >= 15 is 0 Å². The molecular formula is C18H18N2O2. The monoisotopic (exact) mass is 294 g/mol. The molecule has 3 rings (SSSR count). The van der Waals surface area contributed by atoms with Gasteiger partial charge in [0.15, 0.2) is 0 Å². The van der Waals surface area contributed by atoms with Gasteiger partial charge in [-0.1, -0.05) is 59.8 Å². The molecule has 1 amide bonds. The quantitative estimate of drug-likeness (QED) is 0.942. The predicted molar refractivity (Wildman–Crippen MR) is 86.6 cm³/mol. The Morgan fingerprint density at radius 1 is 1.09 bits per heavy atom. The minimum absolute atomic E-state index is 0.0516. The van der Waals surface area contributed by atoms with Crippen LogP contribution in [-0.4, -0.2) is 24.3 Å². The zero-order valence-corrected chi connectivity index (χ0v) is 12.5. The van der Waals surface area contributed by atoms with Gasteiger partial charge >= 0.3 is 0 Å². The van der Waals surface area contributed by atoms with Crippen molar-refractivity contribution in [3.05, 3.63) is 60.2 Å². The summed E-state index contributed by atoms with van der Waals surface area (Å²) in [6.45, 7) is 1.99. The topological polar surface area (TPSA) is 50.7 Å². The summed E-state index contributed by atoms with van der Waals surface area (Å²) in [7, 11) is 0. The summed E-state index contributed by atoms with van der Waals surface area (Å²) in [5.41, 5.74) is 4.36. The lowest BCUT2D eigenvalue weighted by molar-refractivity contribution is -0.119. The Bertz CT molecular complexity index is 678. The van der Waals surface area contributed by atoms with Crippen molar-refractivity contribution in [2.45, 2.75) is 19.4 Å². The Morgan fingerprint density at radius 3 is 2.41 bits per heavy atom. The van der Waals surface area contributed by atoms with Crippen molar-refractivity contribution in [2.75, 3.05) is 6.54 Å². The highest BCUT2D eigenvalue weighted by Gasteiger charge is 2.22. The van der Waals surface area contributed by atoms with E-state index in [0.29, 0.717) is 13.0 Å². The van der Waals surface area contributed by atoms with Gasteiger partial charge in [-0.2, -0.15) is 0 Å². The molecule has 1 heterocycles. The van der Waals surface area contributed by atoms with Gasteiger partial charge in [-0.3, -0.25) is 4.79 Å². The van der Waals surface area contributed by atoms with E-state index in [1.807, 2.05) is 18.2 Å². The van der Waals surface area contributed by atoms with Crippen molar-refractivity contribution in [1.29, 1.82) is 0 Å². The molecule has 0 saturated heterocycles. The molecule has 112 valence electrons. The lowest BCUT2D eigenvalue weighted by Gasteiger charge is -2.08. The van der Waals surface area contributed by atoms with E-state index in [4.69, 9.17) is 4.84 Å². The highest BCUT2D eigenvalue weighted by molar-refractivity contribution is 6.01. The minimum Gasteiger partial charge on any atom is -0.390 e. The second-order valence-electron chi connectivity index (χ2n) is 5.35. The van der Waals surface area contributed by atoms with E-state index < -0.39 is 0 Å². The van der Waals surface area contributed by atoms with Gasteiger partial charge in [0.25, 0.3) is 0 Å². The molecule has 1 atom stereocenters. The summed E-state index contributed by atoms with van der Waals surface area (Å²) in [6.07, 6.45) is 0.637. The molecule has 0 saturated carbocycles. The van der Waals surface area contributed by atoms with Crippen LogP contribution >= 0.6 is 0 Å². The highest BCUT2D eigenvalue weighted by Crippen LogP contribution is 2.22. The first-order valence-corrected chi connectivity index (χ1v) is 7.35. The van der Waals surface area contributed by atoms with Crippen LogP contribution in [0.5, 0.6) is 0 Å². The van der Waals surface area contributed by atoms with E-state index in [0.717, 1.165) is 11.3 Å².